The number of piperazine rings is 1. The van der Waals surface area contributed by atoms with Crippen molar-refractivity contribution in [3.8, 4) is 0 Å². The van der Waals surface area contributed by atoms with Gasteiger partial charge in [-0.3, -0.25) is 15.0 Å². The second-order valence-corrected chi connectivity index (χ2v) is 3.86. The quantitative estimate of drug-likeness (QED) is 0.439. The van der Waals surface area contributed by atoms with Crippen LogP contribution in [0.2, 0.25) is 0 Å². The monoisotopic (exact) mass is 229 g/mol. The van der Waals surface area contributed by atoms with E-state index in [9.17, 15) is 9.59 Å². The van der Waals surface area contributed by atoms with E-state index < -0.39 is 12.1 Å². The van der Waals surface area contributed by atoms with Crippen molar-refractivity contribution >= 4 is 11.9 Å². The average Bonchev–Trinajstić information content (AvgIpc) is 2.27. The summed E-state index contributed by atoms with van der Waals surface area (Å²) in [7, 11) is 0. The van der Waals surface area contributed by atoms with Crippen LogP contribution < -0.4 is 22.1 Å². The van der Waals surface area contributed by atoms with E-state index in [4.69, 9.17) is 11.5 Å². The molecule has 0 bridgehead atoms. The number of urea groups is 1. The molecule has 6 N–H and O–H groups in total. The molecule has 0 aromatic heterocycles. The highest BCUT2D eigenvalue weighted by Gasteiger charge is 2.29. The number of amides is 3. The Morgan fingerprint density at radius 3 is 2.88 bits per heavy atom. The molecule has 0 spiro atoms. The van der Waals surface area contributed by atoms with Gasteiger partial charge in [0.15, 0.2) is 0 Å². The molecule has 0 aromatic rings. The Balaban J connectivity index is 2.59. The van der Waals surface area contributed by atoms with Crippen molar-refractivity contribution < 1.29 is 9.59 Å². The third kappa shape index (κ3) is 3.16. The summed E-state index contributed by atoms with van der Waals surface area (Å²) in [6.45, 7) is 4.51. The highest BCUT2D eigenvalue weighted by atomic mass is 16.2. The summed E-state index contributed by atoms with van der Waals surface area (Å²) in [6, 6.07) is -1.11. The fourth-order valence-corrected chi connectivity index (χ4v) is 1.88. The number of nitrogens with one attached hydrogen (secondary N) is 2. The van der Waals surface area contributed by atoms with E-state index in [1.165, 1.54) is 0 Å². The first-order chi connectivity index (χ1) is 7.56. The van der Waals surface area contributed by atoms with Gasteiger partial charge in [-0.1, -0.05) is 0 Å². The molecular formula is C9H19N5O2. The first-order valence-electron chi connectivity index (χ1n) is 5.33. The minimum absolute atomic E-state index is 0.113. The lowest BCUT2D eigenvalue weighted by molar-refractivity contribution is -0.125. The Labute approximate surface area is 94.5 Å². The normalized spacial score (nSPS) is 23.8. The van der Waals surface area contributed by atoms with Crippen molar-refractivity contribution in [2.75, 3.05) is 26.2 Å². The van der Waals surface area contributed by atoms with E-state index in [-0.39, 0.29) is 11.9 Å². The SMILES string of the molecule is CC(C(=O)NC(N)=O)N1CCNCC1CN. The van der Waals surface area contributed by atoms with Gasteiger partial charge in [0.25, 0.3) is 0 Å². The second kappa shape index (κ2) is 5.78. The van der Waals surface area contributed by atoms with Crippen molar-refractivity contribution in [3.05, 3.63) is 0 Å². The maximum absolute atomic E-state index is 11.6. The van der Waals surface area contributed by atoms with E-state index in [1.807, 2.05) is 4.90 Å². The van der Waals surface area contributed by atoms with Crippen LogP contribution in [0, 0.1) is 0 Å². The number of primary amides is 1. The topological polar surface area (TPSA) is 113 Å². The summed E-state index contributed by atoms with van der Waals surface area (Å²) >= 11 is 0. The van der Waals surface area contributed by atoms with Gasteiger partial charge in [0.05, 0.1) is 6.04 Å². The molecular weight excluding hydrogens is 210 g/mol. The van der Waals surface area contributed by atoms with Crippen LogP contribution in [-0.4, -0.2) is 55.1 Å². The number of imide groups is 1. The Hall–Kier alpha value is -1.18. The highest BCUT2D eigenvalue weighted by Crippen LogP contribution is 2.07. The number of rotatable bonds is 3. The van der Waals surface area contributed by atoms with E-state index in [1.54, 1.807) is 6.92 Å². The predicted octanol–water partition coefficient (Wildman–Crippen LogP) is -2.20. The van der Waals surface area contributed by atoms with Gasteiger partial charge >= 0.3 is 6.03 Å². The molecule has 0 saturated carbocycles. The zero-order valence-electron chi connectivity index (χ0n) is 9.40. The summed E-state index contributed by atoms with van der Waals surface area (Å²) in [5.74, 6) is -0.382. The maximum atomic E-state index is 11.6. The molecule has 1 aliphatic heterocycles. The first kappa shape index (κ1) is 12.9. The van der Waals surface area contributed by atoms with Crippen LogP contribution in [0.1, 0.15) is 6.92 Å². The molecule has 7 heteroatoms. The number of carbonyl (C=O) groups is 2. The summed E-state index contributed by atoms with van der Waals surface area (Å²) in [5.41, 5.74) is 10.5. The summed E-state index contributed by atoms with van der Waals surface area (Å²) in [4.78, 5) is 24.2. The van der Waals surface area contributed by atoms with Crippen LogP contribution in [0.5, 0.6) is 0 Å². The smallest absolute Gasteiger partial charge is 0.318 e. The van der Waals surface area contributed by atoms with Crippen LogP contribution in [0.15, 0.2) is 0 Å². The van der Waals surface area contributed by atoms with Crippen molar-refractivity contribution in [3.63, 3.8) is 0 Å². The third-order valence-corrected chi connectivity index (χ3v) is 2.79. The molecule has 2 atom stereocenters. The van der Waals surface area contributed by atoms with E-state index >= 15 is 0 Å². The van der Waals surface area contributed by atoms with Crippen molar-refractivity contribution in [2.24, 2.45) is 11.5 Å². The predicted molar refractivity (Wildman–Crippen MR) is 59.6 cm³/mol. The largest absolute Gasteiger partial charge is 0.351 e. The number of nitrogens with zero attached hydrogens (tertiary/aromatic N) is 1. The van der Waals surface area contributed by atoms with Crippen molar-refractivity contribution in [2.45, 2.75) is 19.0 Å². The molecule has 0 aromatic carbocycles. The average molecular weight is 229 g/mol. The van der Waals surface area contributed by atoms with Crippen molar-refractivity contribution in [1.29, 1.82) is 0 Å². The Bertz CT molecular complexity index is 271. The fourth-order valence-electron chi connectivity index (χ4n) is 1.88. The third-order valence-electron chi connectivity index (χ3n) is 2.79. The summed E-state index contributed by atoms with van der Waals surface area (Å²) < 4.78 is 0. The van der Waals surface area contributed by atoms with Gasteiger partial charge < -0.3 is 16.8 Å². The van der Waals surface area contributed by atoms with Gasteiger partial charge in [0, 0.05) is 32.2 Å². The molecule has 1 saturated heterocycles. The highest BCUT2D eigenvalue weighted by molar-refractivity contribution is 5.96. The van der Waals surface area contributed by atoms with Crippen LogP contribution in [0.3, 0.4) is 0 Å². The molecule has 1 rings (SSSR count). The maximum Gasteiger partial charge on any atom is 0.318 e. The van der Waals surface area contributed by atoms with Gasteiger partial charge in [0.1, 0.15) is 0 Å². The minimum Gasteiger partial charge on any atom is -0.351 e. The number of hydrogen-bond donors (Lipinski definition) is 4. The number of hydrogen-bond acceptors (Lipinski definition) is 5. The van der Waals surface area contributed by atoms with E-state index in [0.29, 0.717) is 6.54 Å². The molecule has 1 aliphatic rings. The molecule has 3 amide bonds. The fraction of sp³-hybridized carbons (Fsp3) is 0.778. The Kier molecular flexibility index (Phi) is 4.66. The molecule has 7 nitrogen and oxygen atoms in total. The van der Waals surface area contributed by atoms with Gasteiger partial charge in [-0.15, -0.1) is 0 Å². The second-order valence-electron chi connectivity index (χ2n) is 3.86. The van der Waals surface area contributed by atoms with Gasteiger partial charge in [0.2, 0.25) is 5.91 Å². The molecule has 0 aliphatic carbocycles. The zero-order valence-corrected chi connectivity index (χ0v) is 9.40. The minimum atomic E-state index is -0.823. The lowest BCUT2D eigenvalue weighted by Crippen LogP contribution is -2.60. The molecule has 0 radical (unpaired) electrons. The Morgan fingerprint density at radius 1 is 1.62 bits per heavy atom. The molecule has 1 heterocycles. The van der Waals surface area contributed by atoms with Crippen molar-refractivity contribution in [1.82, 2.24) is 15.5 Å². The molecule has 1 fully saturated rings. The first-order valence-corrected chi connectivity index (χ1v) is 5.33. The van der Waals surface area contributed by atoms with Crippen LogP contribution >= 0.6 is 0 Å². The van der Waals surface area contributed by atoms with E-state index in [0.717, 1.165) is 19.6 Å². The Morgan fingerprint density at radius 2 is 2.31 bits per heavy atom. The molecule has 16 heavy (non-hydrogen) atoms. The molecule has 2 unspecified atom stereocenters. The van der Waals surface area contributed by atoms with Gasteiger partial charge in [-0.2, -0.15) is 0 Å². The van der Waals surface area contributed by atoms with Crippen LogP contribution in [-0.2, 0) is 4.79 Å². The summed E-state index contributed by atoms with van der Waals surface area (Å²) in [5, 5.41) is 5.29. The summed E-state index contributed by atoms with van der Waals surface area (Å²) in [6.07, 6.45) is 0. The van der Waals surface area contributed by atoms with E-state index in [2.05, 4.69) is 10.6 Å². The lowest BCUT2D eigenvalue weighted by atomic mass is 10.1. The van der Waals surface area contributed by atoms with Gasteiger partial charge in [-0.25, -0.2) is 4.79 Å². The number of carbonyl (C=O) groups excluding carboxylic acids is 2. The zero-order chi connectivity index (χ0) is 12.1. The lowest BCUT2D eigenvalue weighted by Gasteiger charge is -2.38. The standard InChI is InChI=1S/C9H19N5O2/c1-6(8(15)13-9(11)16)14-3-2-12-5-7(14)4-10/h6-7,12H,2-5,10H2,1H3,(H3,11,13,15,16). The van der Waals surface area contributed by atoms with Gasteiger partial charge in [-0.05, 0) is 6.92 Å². The molecule has 92 valence electrons. The van der Waals surface area contributed by atoms with Crippen LogP contribution in [0.25, 0.3) is 0 Å². The van der Waals surface area contributed by atoms with Crippen LogP contribution in [0.4, 0.5) is 4.79 Å². The number of nitrogens with two attached hydrogens (primary N) is 2.